The van der Waals surface area contributed by atoms with E-state index in [1.54, 1.807) is 14.1 Å². The Morgan fingerprint density at radius 3 is 2.50 bits per heavy atom. The van der Waals surface area contributed by atoms with Crippen LogP contribution < -0.4 is 0 Å². The smallest absolute Gasteiger partial charge is 0.399 e. The van der Waals surface area contributed by atoms with Gasteiger partial charge in [0.1, 0.15) is 6.07 Å². The molecule has 0 spiro atoms. The Kier molecular flexibility index (Phi) is 4.10. The van der Waals surface area contributed by atoms with Gasteiger partial charge < -0.3 is 9.64 Å². The summed E-state index contributed by atoms with van der Waals surface area (Å²) in [6, 6.07) is 11.0. The second-order valence-electron chi connectivity index (χ2n) is 3.29. The number of nitriles is 1. The van der Waals surface area contributed by atoms with Crippen molar-refractivity contribution in [2.24, 2.45) is 0 Å². The second kappa shape index (κ2) is 5.56. The topological polar surface area (TPSA) is 53.3 Å². The van der Waals surface area contributed by atoms with Crippen molar-refractivity contribution in [2.75, 3.05) is 14.1 Å². The molecule has 0 aliphatic heterocycles. The summed E-state index contributed by atoms with van der Waals surface area (Å²) in [5, 5.41) is 8.80. The van der Waals surface area contributed by atoms with Crippen LogP contribution in [0.2, 0.25) is 0 Å². The molecule has 0 N–H and O–H groups in total. The second-order valence-corrected chi connectivity index (χ2v) is 3.29. The number of allylic oxidation sites excluding steroid dienone is 1. The molecule has 1 amide bonds. The van der Waals surface area contributed by atoms with E-state index in [1.807, 2.05) is 36.4 Å². The number of nitrogens with zero attached hydrogens (tertiary/aromatic N) is 2. The minimum absolute atomic E-state index is 0.0232. The Morgan fingerprint density at radius 1 is 1.38 bits per heavy atom. The zero-order valence-corrected chi connectivity index (χ0v) is 9.18. The lowest BCUT2D eigenvalue weighted by molar-refractivity contribution is 0.151. The van der Waals surface area contributed by atoms with E-state index < -0.39 is 6.09 Å². The van der Waals surface area contributed by atoms with Gasteiger partial charge in [0, 0.05) is 14.1 Å². The molecule has 0 atom stereocenters. The van der Waals surface area contributed by atoms with E-state index in [0.717, 1.165) is 5.56 Å². The Morgan fingerprint density at radius 2 is 2.00 bits per heavy atom. The van der Waals surface area contributed by atoms with Crippen molar-refractivity contribution in [3.63, 3.8) is 0 Å². The monoisotopic (exact) mass is 216 g/mol. The summed E-state index contributed by atoms with van der Waals surface area (Å²) in [6.45, 7) is 0. The lowest BCUT2D eigenvalue weighted by Crippen LogP contribution is -2.22. The number of carbonyl (C=O) groups is 1. The summed E-state index contributed by atoms with van der Waals surface area (Å²) in [7, 11) is 3.11. The molecule has 16 heavy (non-hydrogen) atoms. The van der Waals surface area contributed by atoms with Crippen molar-refractivity contribution >= 4 is 12.2 Å². The first kappa shape index (κ1) is 11.8. The molecule has 4 heteroatoms. The number of carbonyl (C=O) groups excluding carboxylic acids is 1. The first-order valence-corrected chi connectivity index (χ1v) is 4.69. The Labute approximate surface area is 94.4 Å². The fourth-order valence-corrected chi connectivity index (χ4v) is 0.971. The molecule has 0 aliphatic rings. The molecular formula is C12H12N2O2. The number of ether oxygens (including phenoxy) is 1. The van der Waals surface area contributed by atoms with Crippen molar-refractivity contribution in [1.82, 2.24) is 4.90 Å². The third-order valence-electron chi connectivity index (χ3n) is 1.77. The van der Waals surface area contributed by atoms with Gasteiger partial charge in [-0.25, -0.2) is 4.79 Å². The highest BCUT2D eigenvalue weighted by Crippen LogP contribution is 2.07. The van der Waals surface area contributed by atoms with Crippen LogP contribution >= 0.6 is 0 Å². The highest BCUT2D eigenvalue weighted by Gasteiger charge is 2.08. The maximum Gasteiger partial charge on any atom is 0.415 e. The molecule has 0 saturated carbocycles. The molecule has 0 bridgehead atoms. The van der Waals surface area contributed by atoms with Gasteiger partial charge in [0.15, 0.2) is 0 Å². The molecule has 1 rings (SSSR count). The van der Waals surface area contributed by atoms with Crippen LogP contribution in [0.15, 0.2) is 36.1 Å². The summed E-state index contributed by atoms with van der Waals surface area (Å²) in [6.07, 6.45) is 0.949. The molecule has 0 aliphatic carbocycles. The number of rotatable bonds is 2. The van der Waals surface area contributed by atoms with Gasteiger partial charge in [0.2, 0.25) is 5.76 Å². The minimum atomic E-state index is -0.566. The minimum Gasteiger partial charge on any atom is -0.399 e. The normalized spacial score (nSPS) is 10.4. The van der Waals surface area contributed by atoms with Crippen molar-refractivity contribution in [3.05, 3.63) is 41.7 Å². The molecule has 82 valence electrons. The van der Waals surface area contributed by atoms with Gasteiger partial charge in [0.05, 0.1) is 0 Å². The summed E-state index contributed by atoms with van der Waals surface area (Å²) >= 11 is 0. The van der Waals surface area contributed by atoms with Gasteiger partial charge in [0.25, 0.3) is 0 Å². The first-order valence-electron chi connectivity index (χ1n) is 4.69. The molecule has 1 aromatic carbocycles. The largest absolute Gasteiger partial charge is 0.415 e. The van der Waals surface area contributed by atoms with Gasteiger partial charge in [-0.2, -0.15) is 5.26 Å². The zero-order valence-electron chi connectivity index (χ0n) is 9.18. The standard InChI is InChI=1S/C12H12N2O2/c1-14(2)12(15)16-11(9-13)8-10-6-4-3-5-7-10/h3-8H,1-2H3/b11-8+. The molecule has 0 unspecified atom stereocenters. The van der Waals surface area contributed by atoms with Crippen molar-refractivity contribution in [1.29, 1.82) is 5.26 Å². The highest BCUT2D eigenvalue weighted by molar-refractivity contribution is 5.70. The van der Waals surface area contributed by atoms with Crippen LogP contribution in [0, 0.1) is 11.3 Å². The Bertz CT molecular complexity index is 430. The number of amides is 1. The third kappa shape index (κ3) is 3.46. The van der Waals surface area contributed by atoms with E-state index in [1.165, 1.54) is 11.0 Å². The van der Waals surface area contributed by atoms with Crippen LogP contribution in [0.1, 0.15) is 5.56 Å². The predicted molar refractivity (Wildman–Crippen MR) is 60.2 cm³/mol. The molecule has 4 nitrogen and oxygen atoms in total. The van der Waals surface area contributed by atoms with Gasteiger partial charge in [-0.1, -0.05) is 30.3 Å². The van der Waals surface area contributed by atoms with Crippen LogP contribution in [0.25, 0.3) is 6.08 Å². The van der Waals surface area contributed by atoms with Crippen molar-refractivity contribution < 1.29 is 9.53 Å². The summed E-state index contributed by atoms with van der Waals surface area (Å²) < 4.78 is 4.85. The molecule has 0 fully saturated rings. The summed E-state index contributed by atoms with van der Waals surface area (Å²) in [5.41, 5.74) is 0.811. The fraction of sp³-hybridized carbons (Fsp3) is 0.167. The summed E-state index contributed by atoms with van der Waals surface area (Å²) in [4.78, 5) is 12.5. The van der Waals surface area contributed by atoms with Crippen LogP contribution in [0.5, 0.6) is 0 Å². The molecule has 0 aromatic heterocycles. The van der Waals surface area contributed by atoms with E-state index in [4.69, 9.17) is 10.00 Å². The SMILES string of the molecule is CN(C)C(=O)O/C(C#N)=C/c1ccccc1. The van der Waals surface area contributed by atoms with Crippen molar-refractivity contribution in [3.8, 4) is 6.07 Å². The number of hydrogen-bond acceptors (Lipinski definition) is 3. The van der Waals surface area contributed by atoms with Crippen LogP contribution in [-0.4, -0.2) is 25.1 Å². The lowest BCUT2D eigenvalue weighted by Gasteiger charge is -2.09. The van der Waals surface area contributed by atoms with Gasteiger partial charge in [-0.15, -0.1) is 0 Å². The van der Waals surface area contributed by atoms with Gasteiger partial charge >= 0.3 is 6.09 Å². The third-order valence-corrected chi connectivity index (χ3v) is 1.77. The van der Waals surface area contributed by atoms with Crippen LogP contribution in [0.4, 0.5) is 4.79 Å². The predicted octanol–water partition coefficient (Wildman–Crippen LogP) is 2.25. The highest BCUT2D eigenvalue weighted by atomic mass is 16.6. The number of hydrogen-bond donors (Lipinski definition) is 0. The quantitative estimate of drug-likeness (QED) is 0.562. The lowest BCUT2D eigenvalue weighted by atomic mass is 10.2. The molecule has 0 saturated heterocycles. The average Bonchev–Trinajstić information content (AvgIpc) is 2.29. The van der Waals surface area contributed by atoms with E-state index in [2.05, 4.69) is 0 Å². The van der Waals surface area contributed by atoms with E-state index in [-0.39, 0.29) is 5.76 Å². The molecule has 0 heterocycles. The van der Waals surface area contributed by atoms with E-state index in [0.29, 0.717) is 0 Å². The fourth-order valence-electron chi connectivity index (χ4n) is 0.971. The zero-order chi connectivity index (χ0) is 12.0. The Balaban J connectivity index is 2.80. The van der Waals surface area contributed by atoms with Gasteiger partial charge in [-0.05, 0) is 11.6 Å². The van der Waals surface area contributed by atoms with E-state index in [9.17, 15) is 4.79 Å². The first-order chi connectivity index (χ1) is 7.63. The maximum atomic E-state index is 11.2. The van der Waals surface area contributed by atoms with Crippen molar-refractivity contribution in [2.45, 2.75) is 0 Å². The maximum absolute atomic E-state index is 11.2. The van der Waals surface area contributed by atoms with Crippen LogP contribution in [0.3, 0.4) is 0 Å². The molecule has 0 radical (unpaired) electrons. The molecule has 1 aromatic rings. The Hall–Kier alpha value is -2.28. The van der Waals surface area contributed by atoms with Gasteiger partial charge in [-0.3, -0.25) is 0 Å². The van der Waals surface area contributed by atoms with E-state index >= 15 is 0 Å². The summed E-state index contributed by atoms with van der Waals surface area (Å²) in [5.74, 6) is -0.0232. The number of benzene rings is 1. The molecular weight excluding hydrogens is 204 g/mol. The average molecular weight is 216 g/mol. The van der Waals surface area contributed by atoms with Crippen LogP contribution in [-0.2, 0) is 4.74 Å².